The summed E-state index contributed by atoms with van der Waals surface area (Å²) in [6.45, 7) is 2.58. The molecule has 0 spiro atoms. The lowest BCUT2D eigenvalue weighted by Gasteiger charge is -2.07. The average Bonchev–Trinajstić information content (AvgIpc) is 2.46. The number of benzene rings is 2. The van der Waals surface area contributed by atoms with Crippen molar-refractivity contribution in [2.45, 2.75) is 19.6 Å². The first-order valence-electron chi connectivity index (χ1n) is 6.70. The highest BCUT2D eigenvalue weighted by Crippen LogP contribution is 2.06. The highest BCUT2D eigenvalue weighted by Gasteiger charge is 1.96. The van der Waals surface area contributed by atoms with Gasteiger partial charge in [-0.25, -0.2) is 0 Å². The minimum atomic E-state index is 0.678. The number of hydrogen-bond donors (Lipinski definition) is 1. The molecular formula is C17H21NO. The molecule has 0 fully saturated rings. The fourth-order valence-corrected chi connectivity index (χ4v) is 2.11. The van der Waals surface area contributed by atoms with Gasteiger partial charge < -0.3 is 10.1 Å². The Morgan fingerprint density at radius 1 is 0.895 bits per heavy atom. The van der Waals surface area contributed by atoms with Gasteiger partial charge in [0.1, 0.15) is 0 Å². The lowest BCUT2D eigenvalue weighted by molar-refractivity contribution is 0.185. The Morgan fingerprint density at radius 3 is 2.42 bits per heavy atom. The van der Waals surface area contributed by atoms with Crippen LogP contribution in [0.5, 0.6) is 0 Å². The van der Waals surface area contributed by atoms with Crippen molar-refractivity contribution in [1.29, 1.82) is 0 Å². The molecule has 2 aromatic rings. The Labute approximate surface area is 115 Å². The molecule has 0 unspecified atom stereocenters. The van der Waals surface area contributed by atoms with Gasteiger partial charge in [0.05, 0.1) is 6.61 Å². The SMILES string of the molecule is COCc1cccc(CNCCc2ccccc2)c1. The van der Waals surface area contributed by atoms with E-state index in [4.69, 9.17) is 4.74 Å². The predicted molar refractivity (Wildman–Crippen MR) is 79.0 cm³/mol. The average molecular weight is 255 g/mol. The van der Waals surface area contributed by atoms with E-state index in [1.165, 1.54) is 16.7 Å². The molecule has 2 rings (SSSR count). The maximum Gasteiger partial charge on any atom is 0.0713 e. The van der Waals surface area contributed by atoms with Crippen molar-refractivity contribution in [2.75, 3.05) is 13.7 Å². The molecule has 0 aromatic heterocycles. The molecule has 0 aliphatic carbocycles. The molecule has 100 valence electrons. The van der Waals surface area contributed by atoms with Gasteiger partial charge in [-0.2, -0.15) is 0 Å². The fourth-order valence-electron chi connectivity index (χ4n) is 2.11. The molecule has 19 heavy (non-hydrogen) atoms. The Balaban J connectivity index is 1.75. The minimum absolute atomic E-state index is 0.678. The fraction of sp³-hybridized carbons (Fsp3) is 0.294. The molecule has 1 N–H and O–H groups in total. The van der Waals surface area contributed by atoms with Crippen LogP contribution in [0.25, 0.3) is 0 Å². The zero-order valence-corrected chi connectivity index (χ0v) is 11.4. The van der Waals surface area contributed by atoms with Crippen LogP contribution in [0.1, 0.15) is 16.7 Å². The second kappa shape index (κ2) is 7.72. The van der Waals surface area contributed by atoms with Crippen molar-refractivity contribution in [3.63, 3.8) is 0 Å². The Kier molecular flexibility index (Phi) is 5.60. The van der Waals surface area contributed by atoms with Crippen LogP contribution < -0.4 is 5.32 Å². The molecule has 0 bridgehead atoms. The quantitative estimate of drug-likeness (QED) is 0.767. The molecule has 2 nitrogen and oxygen atoms in total. The molecule has 0 radical (unpaired) electrons. The number of rotatable bonds is 7. The van der Waals surface area contributed by atoms with E-state index >= 15 is 0 Å². The maximum absolute atomic E-state index is 5.15. The van der Waals surface area contributed by atoms with Crippen molar-refractivity contribution in [3.8, 4) is 0 Å². The summed E-state index contributed by atoms with van der Waals surface area (Å²) in [4.78, 5) is 0. The van der Waals surface area contributed by atoms with E-state index < -0.39 is 0 Å². The summed E-state index contributed by atoms with van der Waals surface area (Å²) in [7, 11) is 1.73. The monoisotopic (exact) mass is 255 g/mol. The predicted octanol–water partition coefficient (Wildman–Crippen LogP) is 3.17. The van der Waals surface area contributed by atoms with Gasteiger partial charge in [-0.3, -0.25) is 0 Å². The van der Waals surface area contributed by atoms with E-state index in [0.717, 1.165) is 19.5 Å². The van der Waals surface area contributed by atoms with Crippen LogP contribution in [-0.2, 0) is 24.3 Å². The molecule has 0 amide bonds. The molecule has 0 saturated heterocycles. The standard InChI is InChI=1S/C17H21NO/c1-19-14-17-9-5-8-16(12-17)13-18-11-10-15-6-3-2-4-7-15/h2-9,12,18H,10-11,13-14H2,1H3. The normalized spacial score (nSPS) is 10.6. The van der Waals surface area contributed by atoms with Crippen LogP contribution in [0, 0.1) is 0 Å². The third-order valence-corrected chi connectivity index (χ3v) is 3.06. The summed E-state index contributed by atoms with van der Waals surface area (Å²) < 4.78 is 5.15. The van der Waals surface area contributed by atoms with Gasteiger partial charge in [0.25, 0.3) is 0 Å². The van der Waals surface area contributed by atoms with Gasteiger partial charge >= 0.3 is 0 Å². The van der Waals surface area contributed by atoms with E-state index in [1.807, 2.05) is 0 Å². The third kappa shape index (κ3) is 4.86. The van der Waals surface area contributed by atoms with Crippen LogP contribution in [0.4, 0.5) is 0 Å². The second-order valence-electron chi connectivity index (χ2n) is 4.67. The van der Waals surface area contributed by atoms with Crippen LogP contribution in [0.3, 0.4) is 0 Å². The Bertz CT molecular complexity index is 482. The topological polar surface area (TPSA) is 21.3 Å². The first-order chi connectivity index (χ1) is 9.38. The van der Waals surface area contributed by atoms with Crippen molar-refractivity contribution >= 4 is 0 Å². The molecule has 0 heterocycles. The van der Waals surface area contributed by atoms with Gasteiger partial charge in [-0.15, -0.1) is 0 Å². The zero-order chi connectivity index (χ0) is 13.3. The van der Waals surface area contributed by atoms with Crippen LogP contribution in [-0.4, -0.2) is 13.7 Å². The van der Waals surface area contributed by atoms with Crippen molar-refractivity contribution in [3.05, 3.63) is 71.3 Å². The van der Waals surface area contributed by atoms with E-state index in [9.17, 15) is 0 Å². The van der Waals surface area contributed by atoms with Gasteiger partial charge in [0, 0.05) is 13.7 Å². The molecule has 0 atom stereocenters. The third-order valence-electron chi connectivity index (χ3n) is 3.06. The zero-order valence-electron chi connectivity index (χ0n) is 11.4. The van der Waals surface area contributed by atoms with E-state index in [-0.39, 0.29) is 0 Å². The molecule has 0 saturated carbocycles. The first-order valence-corrected chi connectivity index (χ1v) is 6.70. The Morgan fingerprint density at radius 2 is 1.63 bits per heavy atom. The lowest BCUT2D eigenvalue weighted by atomic mass is 10.1. The van der Waals surface area contributed by atoms with E-state index in [0.29, 0.717) is 6.61 Å². The molecule has 0 aliphatic heterocycles. The molecule has 2 aromatic carbocycles. The van der Waals surface area contributed by atoms with Gasteiger partial charge in [0.2, 0.25) is 0 Å². The van der Waals surface area contributed by atoms with Gasteiger partial charge in [-0.05, 0) is 29.7 Å². The number of ether oxygens (including phenoxy) is 1. The second-order valence-corrected chi connectivity index (χ2v) is 4.67. The molecule has 2 heteroatoms. The minimum Gasteiger partial charge on any atom is -0.380 e. The molecule has 0 aliphatic rings. The van der Waals surface area contributed by atoms with Gasteiger partial charge in [0.15, 0.2) is 0 Å². The van der Waals surface area contributed by atoms with Crippen LogP contribution in [0.15, 0.2) is 54.6 Å². The van der Waals surface area contributed by atoms with Crippen LogP contribution >= 0.6 is 0 Å². The smallest absolute Gasteiger partial charge is 0.0713 e. The van der Waals surface area contributed by atoms with E-state index in [1.54, 1.807) is 7.11 Å². The number of hydrogen-bond acceptors (Lipinski definition) is 2. The van der Waals surface area contributed by atoms with Gasteiger partial charge in [-0.1, -0.05) is 54.6 Å². The van der Waals surface area contributed by atoms with Crippen molar-refractivity contribution in [1.82, 2.24) is 5.32 Å². The summed E-state index contributed by atoms with van der Waals surface area (Å²) in [6, 6.07) is 19.1. The first kappa shape index (κ1) is 13.8. The summed E-state index contributed by atoms with van der Waals surface area (Å²) in [5.74, 6) is 0. The highest BCUT2D eigenvalue weighted by atomic mass is 16.5. The largest absolute Gasteiger partial charge is 0.380 e. The van der Waals surface area contributed by atoms with Crippen molar-refractivity contribution < 1.29 is 4.74 Å². The number of nitrogens with one attached hydrogen (secondary N) is 1. The lowest BCUT2D eigenvalue weighted by Crippen LogP contribution is -2.16. The summed E-state index contributed by atoms with van der Waals surface area (Å²) in [5, 5.41) is 3.48. The van der Waals surface area contributed by atoms with Crippen molar-refractivity contribution in [2.24, 2.45) is 0 Å². The van der Waals surface area contributed by atoms with E-state index in [2.05, 4.69) is 59.9 Å². The van der Waals surface area contributed by atoms with Crippen LogP contribution in [0.2, 0.25) is 0 Å². The Hall–Kier alpha value is -1.64. The summed E-state index contributed by atoms with van der Waals surface area (Å²) >= 11 is 0. The summed E-state index contributed by atoms with van der Waals surface area (Å²) in [5.41, 5.74) is 3.91. The summed E-state index contributed by atoms with van der Waals surface area (Å²) in [6.07, 6.45) is 1.07. The highest BCUT2D eigenvalue weighted by molar-refractivity contribution is 5.23. The maximum atomic E-state index is 5.15. The molecular weight excluding hydrogens is 234 g/mol. The number of methoxy groups -OCH3 is 1.